The molecule has 2 amide bonds. The van der Waals surface area contributed by atoms with E-state index >= 15 is 0 Å². The first-order valence-electron chi connectivity index (χ1n) is 20.3. The van der Waals surface area contributed by atoms with Crippen molar-refractivity contribution < 1.29 is 38.5 Å². The molecule has 1 saturated carbocycles. The predicted molar refractivity (Wildman–Crippen MR) is 224 cm³/mol. The van der Waals surface area contributed by atoms with Crippen molar-refractivity contribution in [2.24, 2.45) is 23.7 Å². The summed E-state index contributed by atoms with van der Waals surface area (Å²) in [7, 11) is 0. The first kappa shape index (κ1) is 42.2. The fraction of sp³-hybridized carbons (Fsp3) is 0.306. The Labute approximate surface area is 346 Å². The van der Waals surface area contributed by atoms with Crippen molar-refractivity contribution in [3.8, 4) is 23.0 Å². The molecule has 10 nitrogen and oxygen atoms in total. The van der Waals surface area contributed by atoms with Gasteiger partial charge in [-0.25, -0.2) is 0 Å². The summed E-state index contributed by atoms with van der Waals surface area (Å²) in [4.78, 5) is 58.5. The quantitative estimate of drug-likeness (QED) is 0.0774. The van der Waals surface area contributed by atoms with Gasteiger partial charge in [-0.2, -0.15) is 0 Å². The lowest BCUT2D eigenvalue weighted by Crippen LogP contribution is -2.57. The molecule has 1 fully saturated rings. The van der Waals surface area contributed by atoms with E-state index in [2.05, 4.69) is 0 Å². The molecule has 0 radical (unpaired) electrons. The molecular weight excluding hydrogens is 745 g/mol. The van der Waals surface area contributed by atoms with E-state index in [9.17, 15) is 24.3 Å². The molecule has 1 aliphatic rings. The van der Waals surface area contributed by atoms with Gasteiger partial charge in [0, 0.05) is 39.0 Å². The Hall–Kier alpha value is -6.42. The molecule has 59 heavy (non-hydrogen) atoms. The number of hydrogen-bond acceptors (Lipinski definition) is 7. The van der Waals surface area contributed by atoms with Gasteiger partial charge in [0.15, 0.2) is 0 Å². The van der Waals surface area contributed by atoms with Crippen LogP contribution in [0, 0.1) is 23.7 Å². The fourth-order valence-corrected chi connectivity index (χ4v) is 7.76. The van der Waals surface area contributed by atoms with E-state index in [1.54, 1.807) is 9.80 Å². The van der Waals surface area contributed by atoms with Crippen LogP contribution in [0.5, 0.6) is 23.0 Å². The van der Waals surface area contributed by atoms with Crippen molar-refractivity contribution >= 4 is 23.8 Å². The van der Waals surface area contributed by atoms with Gasteiger partial charge in [0.2, 0.25) is 11.8 Å². The Bertz CT molecular complexity index is 2110. The average Bonchev–Trinajstić information content (AvgIpc) is 3.25. The third-order valence-electron chi connectivity index (χ3n) is 10.7. The highest BCUT2D eigenvalue weighted by Crippen LogP contribution is 2.51. The molecule has 1 aliphatic carbocycles. The van der Waals surface area contributed by atoms with E-state index in [1.165, 1.54) is 0 Å². The van der Waals surface area contributed by atoms with Gasteiger partial charge in [-0.1, -0.05) is 105 Å². The summed E-state index contributed by atoms with van der Waals surface area (Å²) in [5, 5.41) is 10.5. The van der Waals surface area contributed by atoms with Crippen LogP contribution in [0.25, 0.3) is 0 Å². The van der Waals surface area contributed by atoms with E-state index < -0.39 is 35.6 Å². The van der Waals surface area contributed by atoms with E-state index in [4.69, 9.17) is 14.2 Å². The summed E-state index contributed by atoms with van der Waals surface area (Å²) < 4.78 is 17.6. The van der Waals surface area contributed by atoms with Crippen molar-refractivity contribution in [3.63, 3.8) is 0 Å². The number of carbonyl (C=O) groups is 4. The van der Waals surface area contributed by atoms with Crippen LogP contribution in [0.1, 0.15) is 56.2 Å². The van der Waals surface area contributed by atoms with Crippen LogP contribution in [-0.2, 0) is 43.6 Å². The summed E-state index contributed by atoms with van der Waals surface area (Å²) in [6.07, 6.45) is 1.16. The van der Waals surface area contributed by atoms with Gasteiger partial charge in [-0.05, 0) is 89.9 Å². The molecule has 0 aliphatic heterocycles. The van der Waals surface area contributed by atoms with E-state index in [-0.39, 0.29) is 31.3 Å². The number of benzene rings is 5. The number of carboxylic acids is 1. The highest BCUT2D eigenvalue weighted by molar-refractivity contribution is 5.87. The van der Waals surface area contributed by atoms with Gasteiger partial charge in [0.05, 0.1) is 11.8 Å². The van der Waals surface area contributed by atoms with Gasteiger partial charge in [-0.15, -0.1) is 0 Å². The topological polar surface area (TPSA) is 123 Å². The molecule has 0 heterocycles. The zero-order valence-electron chi connectivity index (χ0n) is 33.7. The van der Waals surface area contributed by atoms with E-state index in [1.807, 2.05) is 153 Å². The lowest BCUT2D eigenvalue weighted by atomic mass is 9.54. The van der Waals surface area contributed by atoms with E-state index in [0.29, 0.717) is 62.0 Å². The molecule has 6 rings (SSSR count). The number of amides is 2. The Kier molecular flexibility index (Phi) is 14.9. The Morgan fingerprint density at radius 2 is 0.898 bits per heavy atom. The molecule has 0 saturated heterocycles. The summed E-state index contributed by atoms with van der Waals surface area (Å²) >= 11 is 0. The first-order chi connectivity index (χ1) is 28.7. The maximum atomic E-state index is 14.2. The minimum Gasteiger partial charge on any atom is -0.481 e. The summed E-state index contributed by atoms with van der Waals surface area (Å²) in [6.45, 7) is 5.48. The van der Waals surface area contributed by atoms with Crippen molar-refractivity contribution in [1.29, 1.82) is 0 Å². The monoisotopic (exact) mass is 796 g/mol. The molecule has 10 heteroatoms. The zero-order chi connectivity index (χ0) is 41.6. The Morgan fingerprint density at radius 1 is 0.508 bits per heavy atom. The number of carboxylic acid groups (broad SMARTS) is 1. The molecular formula is C49H52N2O8. The fourth-order valence-electron chi connectivity index (χ4n) is 7.76. The van der Waals surface area contributed by atoms with Crippen molar-refractivity contribution in [1.82, 2.24) is 9.80 Å². The second kappa shape index (κ2) is 20.8. The van der Waals surface area contributed by atoms with Crippen LogP contribution in [0.4, 0.5) is 0 Å². The number of esters is 1. The zero-order valence-corrected chi connectivity index (χ0v) is 33.7. The minimum atomic E-state index is -1.19. The van der Waals surface area contributed by atoms with Crippen LogP contribution in [0.15, 0.2) is 140 Å². The molecule has 5 aromatic rings. The van der Waals surface area contributed by atoms with Crippen molar-refractivity contribution in [2.45, 2.75) is 59.2 Å². The molecule has 0 aromatic heterocycles. The first-order valence-corrected chi connectivity index (χ1v) is 20.3. The third-order valence-corrected chi connectivity index (χ3v) is 10.7. The SMILES string of the molecule is CCCN(Cc1ccc(Oc2ccccc2)cc1)C(=O)CC1C(CC(=O)N(CCC)Cc2ccc(Oc3ccccc3)cc2)C(C(=O)OCc2ccccc2)C1C(=O)O. The number of carbonyl (C=O) groups excluding carboxylic acids is 3. The second-order valence-corrected chi connectivity index (χ2v) is 15.0. The van der Waals surface area contributed by atoms with Gasteiger partial charge in [-0.3, -0.25) is 19.2 Å². The smallest absolute Gasteiger partial charge is 0.310 e. The number of aliphatic carboxylic acids is 1. The van der Waals surface area contributed by atoms with Crippen molar-refractivity contribution in [2.75, 3.05) is 13.1 Å². The Morgan fingerprint density at radius 3 is 1.31 bits per heavy atom. The van der Waals surface area contributed by atoms with Crippen LogP contribution in [0.3, 0.4) is 0 Å². The highest BCUT2D eigenvalue weighted by atomic mass is 16.5. The van der Waals surface area contributed by atoms with Gasteiger partial charge < -0.3 is 29.1 Å². The number of ether oxygens (including phenoxy) is 3. The molecule has 0 spiro atoms. The lowest BCUT2D eigenvalue weighted by Gasteiger charge is -2.48. The second-order valence-electron chi connectivity index (χ2n) is 15.0. The summed E-state index contributed by atoms with van der Waals surface area (Å²) in [5.74, 6) is -3.30. The average molecular weight is 797 g/mol. The number of nitrogens with zero attached hydrogens (tertiary/aromatic N) is 2. The standard InChI is InChI=1S/C49H52N2O8/c1-3-28-50(32-35-20-24-40(25-21-35)58-38-16-10-6-11-17-38)44(52)30-42-43(47(46(42)48(54)55)49(56)57-34-37-14-8-5-9-15-37)31-45(53)51(29-4-2)33-36-22-26-41(27-23-36)59-39-18-12-7-13-19-39/h5-27,42-43,46-47H,3-4,28-34H2,1-2H3,(H,54,55). The predicted octanol–water partition coefficient (Wildman–Crippen LogP) is 9.54. The van der Waals surface area contributed by atoms with Gasteiger partial charge in [0.25, 0.3) is 0 Å². The number of rotatable bonds is 20. The number of hydrogen-bond donors (Lipinski definition) is 1. The Balaban J connectivity index is 1.18. The highest BCUT2D eigenvalue weighted by Gasteiger charge is 2.59. The normalized spacial score (nSPS) is 16.9. The molecule has 0 bridgehead atoms. The summed E-state index contributed by atoms with van der Waals surface area (Å²) in [5.41, 5.74) is 2.54. The maximum Gasteiger partial charge on any atom is 0.310 e. The molecule has 1 N–H and O–H groups in total. The minimum absolute atomic E-state index is 0.0296. The lowest BCUT2D eigenvalue weighted by molar-refractivity contribution is -0.183. The molecule has 4 unspecified atom stereocenters. The largest absolute Gasteiger partial charge is 0.481 e. The third kappa shape index (κ3) is 11.6. The van der Waals surface area contributed by atoms with Crippen LogP contribution in [0.2, 0.25) is 0 Å². The van der Waals surface area contributed by atoms with E-state index in [0.717, 1.165) is 16.7 Å². The maximum absolute atomic E-state index is 14.2. The van der Waals surface area contributed by atoms with Crippen LogP contribution < -0.4 is 9.47 Å². The molecule has 5 aromatic carbocycles. The van der Waals surface area contributed by atoms with Crippen molar-refractivity contribution in [3.05, 3.63) is 156 Å². The van der Waals surface area contributed by atoms with Gasteiger partial charge >= 0.3 is 11.9 Å². The molecule has 4 atom stereocenters. The summed E-state index contributed by atoms with van der Waals surface area (Å²) in [6, 6.07) is 43.1. The molecule has 306 valence electrons. The van der Waals surface area contributed by atoms with Crippen LogP contribution in [-0.4, -0.2) is 51.7 Å². The van der Waals surface area contributed by atoms with Gasteiger partial charge in [0.1, 0.15) is 29.6 Å². The van der Waals surface area contributed by atoms with Crippen LogP contribution >= 0.6 is 0 Å². The number of para-hydroxylation sites is 2.